The Balaban J connectivity index is 1.32. The normalized spacial score (nSPS) is 40.5. The summed E-state index contributed by atoms with van der Waals surface area (Å²) in [7, 11) is 0. The predicted octanol–water partition coefficient (Wildman–Crippen LogP) is 6.19. The van der Waals surface area contributed by atoms with Crippen molar-refractivity contribution in [2.24, 2.45) is 45.3 Å². The summed E-state index contributed by atoms with van der Waals surface area (Å²) in [6, 6.07) is 0. The number of aromatic nitrogens is 3. The van der Waals surface area contributed by atoms with E-state index in [1.54, 1.807) is 18.5 Å². The molecule has 4 fully saturated rings. The fourth-order valence-electron chi connectivity index (χ4n) is 11.1. The van der Waals surface area contributed by atoms with Gasteiger partial charge in [-0.2, -0.15) is 0 Å². The van der Waals surface area contributed by atoms with Crippen molar-refractivity contribution < 1.29 is 24.9 Å². The highest BCUT2D eigenvalue weighted by Gasteiger charge is 2.71. The van der Waals surface area contributed by atoms with Gasteiger partial charge < -0.3 is 20.1 Å². The largest absolute Gasteiger partial charge is 0.460 e. The van der Waals surface area contributed by atoms with Crippen LogP contribution in [0.25, 0.3) is 0 Å². The summed E-state index contributed by atoms with van der Waals surface area (Å²) >= 11 is 0. The molecular weight excluding hydrogens is 566 g/mol. The van der Waals surface area contributed by atoms with E-state index in [1.165, 1.54) is 5.57 Å². The molecule has 10 atom stereocenters. The molecule has 4 saturated carbocycles. The van der Waals surface area contributed by atoms with E-state index in [-0.39, 0.29) is 52.3 Å². The summed E-state index contributed by atoms with van der Waals surface area (Å²) in [5.41, 5.74) is 0.662. The lowest BCUT2D eigenvalue weighted by Crippen LogP contribution is -2.65. The maximum atomic E-state index is 13.8. The molecule has 0 bridgehead atoms. The van der Waals surface area contributed by atoms with Crippen molar-refractivity contribution >= 4 is 5.97 Å². The first-order valence-corrected chi connectivity index (χ1v) is 17.8. The van der Waals surface area contributed by atoms with E-state index < -0.39 is 11.7 Å². The first-order valence-electron chi connectivity index (χ1n) is 17.8. The Morgan fingerprint density at radius 3 is 2.47 bits per heavy atom. The molecule has 0 spiro atoms. The maximum absolute atomic E-state index is 13.8. The molecule has 5 aliphatic carbocycles. The van der Waals surface area contributed by atoms with Crippen LogP contribution in [0, 0.1) is 45.3 Å². The Hall–Kier alpha value is -1.77. The van der Waals surface area contributed by atoms with E-state index in [4.69, 9.17) is 4.74 Å². The zero-order chi connectivity index (χ0) is 32.7. The Bertz CT molecular complexity index is 1310. The average molecular weight is 626 g/mol. The van der Waals surface area contributed by atoms with Gasteiger partial charge in [0, 0.05) is 22.9 Å². The van der Waals surface area contributed by atoms with Crippen molar-refractivity contribution in [2.45, 2.75) is 156 Å². The van der Waals surface area contributed by atoms with Crippen LogP contribution in [0.1, 0.15) is 131 Å². The average Bonchev–Trinajstić information content (AvgIpc) is 3.64. The third-order valence-corrected chi connectivity index (χ3v) is 14.4. The van der Waals surface area contributed by atoms with Gasteiger partial charge >= 0.3 is 5.97 Å². The number of hydrogen-bond donors (Lipinski definition) is 3. The second-order valence-electron chi connectivity index (χ2n) is 17.7. The number of aliphatic hydroxyl groups is 3. The molecule has 0 unspecified atom stereocenters. The van der Waals surface area contributed by atoms with Crippen LogP contribution in [0.2, 0.25) is 0 Å². The van der Waals surface area contributed by atoms with Gasteiger partial charge in [-0.05, 0) is 113 Å². The molecule has 0 aliphatic heterocycles. The molecule has 0 aromatic carbocycles. The second-order valence-corrected chi connectivity index (χ2v) is 17.7. The molecule has 1 aromatic heterocycles. The highest BCUT2D eigenvalue weighted by atomic mass is 16.5. The lowest BCUT2D eigenvalue weighted by atomic mass is 9.38. The molecule has 8 heteroatoms. The van der Waals surface area contributed by atoms with E-state index in [1.807, 2.05) is 6.20 Å². The van der Waals surface area contributed by atoms with Gasteiger partial charge in [0.2, 0.25) is 0 Å². The van der Waals surface area contributed by atoms with Crippen LogP contribution in [0.4, 0.5) is 0 Å². The first kappa shape index (κ1) is 33.1. The van der Waals surface area contributed by atoms with Crippen LogP contribution in [0.3, 0.4) is 0 Å². The van der Waals surface area contributed by atoms with Crippen molar-refractivity contribution in [3.05, 3.63) is 23.5 Å². The molecule has 0 amide bonds. The number of esters is 1. The van der Waals surface area contributed by atoms with Crippen LogP contribution >= 0.6 is 0 Å². The number of allylic oxidation sites excluding steroid dienone is 1. The number of rotatable bonds is 9. The van der Waals surface area contributed by atoms with E-state index in [9.17, 15) is 20.1 Å². The quantitative estimate of drug-likeness (QED) is 0.221. The van der Waals surface area contributed by atoms with Crippen LogP contribution in [-0.2, 0) is 16.1 Å². The number of carbonyl (C=O) groups is 1. The van der Waals surface area contributed by atoms with Crippen molar-refractivity contribution in [1.82, 2.24) is 15.0 Å². The van der Waals surface area contributed by atoms with E-state index in [0.29, 0.717) is 30.1 Å². The van der Waals surface area contributed by atoms with Gasteiger partial charge in [-0.15, -0.1) is 5.10 Å². The van der Waals surface area contributed by atoms with Crippen LogP contribution < -0.4 is 0 Å². The predicted molar refractivity (Wildman–Crippen MR) is 173 cm³/mol. The summed E-state index contributed by atoms with van der Waals surface area (Å²) in [6.45, 7) is 17.5. The fourth-order valence-corrected chi connectivity index (χ4v) is 11.1. The van der Waals surface area contributed by atoms with Gasteiger partial charge in [0.25, 0.3) is 0 Å². The lowest BCUT2D eigenvalue weighted by molar-refractivity contribution is -0.220. The molecule has 252 valence electrons. The summed E-state index contributed by atoms with van der Waals surface area (Å²) in [5, 5.41) is 40.7. The number of aliphatic hydroxyl groups excluding tert-OH is 2. The zero-order valence-corrected chi connectivity index (χ0v) is 29.1. The number of ether oxygens (including phenoxy) is 1. The summed E-state index contributed by atoms with van der Waals surface area (Å²) in [5.74, 6) is 1.61. The van der Waals surface area contributed by atoms with Gasteiger partial charge in [-0.1, -0.05) is 58.4 Å². The standard InChI is InChI=1S/C37H59N3O5/c1-22(9-15-30(42)34(4,5)44)24-17-18-35(6)28-14-12-25-26(13-16-29(41)33(25,2)3)37(28,8)31(19-36(24,35)7)45-32(43)21-40-20-27(38-39-40)23-10-11-23/h12,20,22-24,26,28-31,41-42,44H,9-11,13-19,21H2,1-8H3/t22-,24-,26-,28+,29+,30-,31-,35+,36-,37+/m1/s1. The minimum atomic E-state index is -1.11. The first-order chi connectivity index (χ1) is 20.9. The van der Waals surface area contributed by atoms with Gasteiger partial charge in [0.1, 0.15) is 12.6 Å². The van der Waals surface area contributed by atoms with E-state index in [2.05, 4.69) is 57.9 Å². The SMILES string of the molecule is C[C@H](CC[C@@H](O)C(C)(C)O)[C@H]1CC[C@@]2(C)[C@@H]3CC=C4[C@@H](CC[C@H](O)C4(C)C)[C@]3(C)[C@H](OC(=O)Cn3cc(C4CC4)nn3)C[C@]12C. The smallest absolute Gasteiger partial charge is 0.328 e. The maximum Gasteiger partial charge on any atom is 0.328 e. The van der Waals surface area contributed by atoms with Crippen molar-refractivity contribution in [2.75, 3.05) is 0 Å². The van der Waals surface area contributed by atoms with Crippen LogP contribution in [0.15, 0.2) is 17.8 Å². The highest BCUT2D eigenvalue weighted by Crippen LogP contribution is 2.75. The van der Waals surface area contributed by atoms with Gasteiger partial charge in [-0.25, -0.2) is 4.68 Å². The van der Waals surface area contributed by atoms with Gasteiger partial charge in [0.05, 0.1) is 23.5 Å². The van der Waals surface area contributed by atoms with Gasteiger partial charge in [-0.3, -0.25) is 4.79 Å². The number of carbonyl (C=O) groups excluding carboxylic acids is 1. The number of fused-ring (bicyclic) bond motifs is 5. The Labute approximate surface area is 270 Å². The van der Waals surface area contributed by atoms with E-state index in [0.717, 1.165) is 63.5 Å². The molecular formula is C37H59N3O5. The van der Waals surface area contributed by atoms with Crippen molar-refractivity contribution in [3.63, 3.8) is 0 Å². The molecule has 5 aliphatic rings. The summed E-state index contributed by atoms with van der Waals surface area (Å²) < 4.78 is 8.34. The topological polar surface area (TPSA) is 118 Å². The van der Waals surface area contributed by atoms with E-state index >= 15 is 0 Å². The van der Waals surface area contributed by atoms with Crippen LogP contribution in [0.5, 0.6) is 0 Å². The fraction of sp³-hybridized carbons (Fsp3) is 0.865. The van der Waals surface area contributed by atoms with Crippen molar-refractivity contribution in [3.8, 4) is 0 Å². The molecule has 0 saturated heterocycles. The molecule has 45 heavy (non-hydrogen) atoms. The zero-order valence-electron chi connectivity index (χ0n) is 29.1. The summed E-state index contributed by atoms with van der Waals surface area (Å²) in [6.07, 6.45) is 12.4. The molecule has 1 aromatic rings. The lowest BCUT2D eigenvalue weighted by Gasteiger charge is -2.67. The molecule has 3 N–H and O–H groups in total. The Morgan fingerprint density at radius 1 is 1.09 bits per heavy atom. The number of nitrogens with zero attached hydrogens (tertiary/aromatic N) is 3. The Morgan fingerprint density at radius 2 is 1.80 bits per heavy atom. The summed E-state index contributed by atoms with van der Waals surface area (Å²) in [4.78, 5) is 13.8. The molecule has 1 heterocycles. The van der Waals surface area contributed by atoms with Gasteiger partial charge in [0.15, 0.2) is 0 Å². The third-order valence-electron chi connectivity index (χ3n) is 14.4. The highest BCUT2D eigenvalue weighted by molar-refractivity contribution is 5.69. The number of hydrogen-bond acceptors (Lipinski definition) is 7. The molecule has 0 radical (unpaired) electrons. The second kappa shape index (κ2) is 11.2. The Kier molecular flexibility index (Phi) is 8.21. The third kappa shape index (κ3) is 5.33. The minimum Gasteiger partial charge on any atom is -0.460 e. The van der Waals surface area contributed by atoms with Crippen LogP contribution in [-0.4, -0.2) is 60.2 Å². The molecule has 6 rings (SSSR count). The monoisotopic (exact) mass is 625 g/mol. The molecule has 8 nitrogen and oxygen atoms in total. The van der Waals surface area contributed by atoms with Crippen molar-refractivity contribution in [1.29, 1.82) is 0 Å². The minimum absolute atomic E-state index is 0.0529.